The molecule has 9 heteroatoms. The number of aromatic nitrogens is 4. The van der Waals surface area contributed by atoms with Crippen LogP contribution >= 0.6 is 11.3 Å². The Morgan fingerprint density at radius 1 is 1.30 bits per heavy atom. The lowest BCUT2D eigenvalue weighted by molar-refractivity contribution is -0.114. The molecular weight excluding hydrogens is 434 g/mol. The molecule has 0 aromatic carbocycles. The molecule has 0 spiro atoms. The number of aryl methyl sites for hydroxylation is 1. The highest BCUT2D eigenvalue weighted by Gasteiger charge is 2.33. The van der Waals surface area contributed by atoms with E-state index in [9.17, 15) is 4.79 Å². The molecule has 1 amide bonds. The fourth-order valence-corrected chi connectivity index (χ4v) is 5.85. The fraction of sp³-hybridized carbons (Fsp3) is 0.417. The maximum absolute atomic E-state index is 11.6. The van der Waals surface area contributed by atoms with Crippen molar-refractivity contribution in [1.82, 2.24) is 24.6 Å². The van der Waals surface area contributed by atoms with Gasteiger partial charge >= 0.3 is 0 Å². The lowest BCUT2D eigenvalue weighted by Gasteiger charge is -2.31. The van der Waals surface area contributed by atoms with Crippen LogP contribution < -0.4 is 10.6 Å². The Kier molecular flexibility index (Phi) is 5.87. The normalized spacial score (nSPS) is 16.0. The monoisotopic (exact) mass is 461 g/mol. The van der Waals surface area contributed by atoms with E-state index < -0.39 is 0 Å². The van der Waals surface area contributed by atoms with Gasteiger partial charge in [0.1, 0.15) is 5.82 Å². The minimum absolute atomic E-state index is 0.105. The Hall–Kier alpha value is -3.22. The average Bonchev–Trinajstić information content (AvgIpc) is 3.40. The number of rotatable bonds is 5. The molecule has 0 unspecified atom stereocenters. The third-order valence-electron chi connectivity index (χ3n) is 6.33. The largest absolute Gasteiger partial charge is 0.373 e. The molecule has 4 heterocycles. The molecule has 0 bridgehead atoms. The van der Waals surface area contributed by atoms with Gasteiger partial charge in [-0.2, -0.15) is 5.10 Å². The summed E-state index contributed by atoms with van der Waals surface area (Å²) in [6, 6.07) is 4.35. The molecule has 3 aromatic rings. The molecule has 1 aliphatic heterocycles. The van der Waals surface area contributed by atoms with Crippen molar-refractivity contribution in [2.24, 2.45) is 0 Å². The standard InChI is InChI=1S/C24H27N7OS/c1-4-11-30-12-9-17(10-13-30)31-22-18(21(29-31)16-5-8-20(25-3)26-14-16)6-7-19-23(22)33-24(28-19)27-15(2)32/h1,5,8,14,17H,6-7,9-13H2,2-3H3,(H,25,26)(H,27,28,32). The van der Waals surface area contributed by atoms with Crippen molar-refractivity contribution in [3.8, 4) is 34.2 Å². The second-order valence-electron chi connectivity index (χ2n) is 8.49. The first-order chi connectivity index (χ1) is 16.1. The number of hydrogen-bond donors (Lipinski definition) is 2. The van der Waals surface area contributed by atoms with Crippen LogP contribution in [0.2, 0.25) is 0 Å². The van der Waals surface area contributed by atoms with Crippen molar-refractivity contribution in [2.75, 3.05) is 37.3 Å². The number of thiazole rings is 1. The van der Waals surface area contributed by atoms with E-state index in [4.69, 9.17) is 16.5 Å². The predicted molar refractivity (Wildman–Crippen MR) is 131 cm³/mol. The van der Waals surface area contributed by atoms with Crippen LogP contribution in [-0.4, -0.2) is 57.2 Å². The topological polar surface area (TPSA) is 88.0 Å². The van der Waals surface area contributed by atoms with Gasteiger partial charge in [-0.15, -0.1) is 6.42 Å². The third-order valence-corrected chi connectivity index (χ3v) is 7.35. The van der Waals surface area contributed by atoms with E-state index in [0.717, 1.165) is 72.1 Å². The first-order valence-corrected chi connectivity index (χ1v) is 12.1. The molecule has 8 nitrogen and oxygen atoms in total. The van der Waals surface area contributed by atoms with E-state index in [1.165, 1.54) is 12.5 Å². The molecule has 33 heavy (non-hydrogen) atoms. The first kappa shape index (κ1) is 21.6. The van der Waals surface area contributed by atoms with E-state index in [1.807, 2.05) is 19.3 Å². The molecule has 170 valence electrons. The summed E-state index contributed by atoms with van der Waals surface area (Å²) in [6.07, 6.45) is 11.1. The summed E-state index contributed by atoms with van der Waals surface area (Å²) < 4.78 is 2.22. The van der Waals surface area contributed by atoms with Crippen molar-refractivity contribution in [3.63, 3.8) is 0 Å². The number of amides is 1. The summed E-state index contributed by atoms with van der Waals surface area (Å²) in [5, 5.41) is 11.8. The Morgan fingerprint density at radius 3 is 2.79 bits per heavy atom. The lowest BCUT2D eigenvalue weighted by Crippen LogP contribution is -2.35. The highest BCUT2D eigenvalue weighted by Crippen LogP contribution is 2.45. The number of hydrogen-bond acceptors (Lipinski definition) is 7. The van der Waals surface area contributed by atoms with Crippen LogP contribution in [0.5, 0.6) is 0 Å². The zero-order valence-electron chi connectivity index (χ0n) is 18.9. The van der Waals surface area contributed by atoms with E-state index in [1.54, 1.807) is 11.3 Å². The SMILES string of the molecule is C#CCN1CCC(n2nc(-c3ccc(NC)nc3)c3c2-c2sc(NC(C)=O)nc2CC3)CC1. The highest BCUT2D eigenvalue weighted by atomic mass is 32.1. The van der Waals surface area contributed by atoms with Crippen LogP contribution in [0, 0.1) is 12.3 Å². The number of piperidine rings is 1. The quantitative estimate of drug-likeness (QED) is 0.566. The second-order valence-corrected chi connectivity index (χ2v) is 9.49. The van der Waals surface area contributed by atoms with Gasteiger partial charge in [0.15, 0.2) is 5.13 Å². The summed E-state index contributed by atoms with van der Waals surface area (Å²) in [5.74, 6) is 3.49. The van der Waals surface area contributed by atoms with Gasteiger partial charge in [-0.25, -0.2) is 9.97 Å². The first-order valence-electron chi connectivity index (χ1n) is 11.3. The van der Waals surface area contributed by atoms with Gasteiger partial charge in [-0.1, -0.05) is 17.3 Å². The summed E-state index contributed by atoms with van der Waals surface area (Å²) >= 11 is 1.54. The van der Waals surface area contributed by atoms with Crippen LogP contribution in [0.15, 0.2) is 18.3 Å². The van der Waals surface area contributed by atoms with Crippen molar-refractivity contribution < 1.29 is 4.79 Å². The minimum Gasteiger partial charge on any atom is -0.373 e. The smallest absolute Gasteiger partial charge is 0.223 e. The zero-order chi connectivity index (χ0) is 22.9. The molecule has 1 aliphatic carbocycles. The van der Waals surface area contributed by atoms with Crippen LogP contribution in [-0.2, 0) is 17.6 Å². The number of carbonyl (C=O) groups excluding carboxylic acids is 1. The molecule has 0 saturated carbocycles. The number of anilines is 2. The Morgan fingerprint density at radius 2 is 2.12 bits per heavy atom. The molecule has 2 aliphatic rings. The summed E-state index contributed by atoms with van der Waals surface area (Å²) in [4.78, 5) is 24.3. The number of nitrogens with zero attached hydrogens (tertiary/aromatic N) is 5. The Labute approximate surface area is 197 Å². The Bertz CT molecular complexity index is 1210. The zero-order valence-corrected chi connectivity index (χ0v) is 19.7. The molecule has 5 rings (SSSR count). The molecular formula is C24H27N7OS. The van der Waals surface area contributed by atoms with Crippen LogP contribution in [0.3, 0.4) is 0 Å². The molecule has 2 N–H and O–H groups in total. The average molecular weight is 462 g/mol. The van der Waals surface area contributed by atoms with Gasteiger partial charge in [0.2, 0.25) is 5.91 Å². The molecule has 0 radical (unpaired) electrons. The second kappa shape index (κ2) is 8.96. The summed E-state index contributed by atoms with van der Waals surface area (Å²) in [7, 11) is 1.86. The molecule has 3 aromatic heterocycles. The van der Waals surface area contributed by atoms with Gasteiger partial charge in [0.05, 0.1) is 34.5 Å². The fourth-order valence-electron chi connectivity index (χ4n) is 4.73. The number of likely N-dealkylation sites (tertiary alicyclic amines) is 1. The molecule has 1 fully saturated rings. The van der Waals surface area contributed by atoms with Crippen molar-refractivity contribution in [2.45, 2.75) is 38.6 Å². The summed E-state index contributed by atoms with van der Waals surface area (Å²) in [5.41, 5.74) is 5.44. The van der Waals surface area contributed by atoms with E-state index in [-0.39, 0.29) is 5.91 Å². The number of terminal acetylenes is 1. The van der Waals surface area contributed by atoms with Crippen molar-refractivity contribution >= 4 is 28.2 Å². The van der Waals surface area contributed by atoms with Gasteiger partial charge < -0.3 is 10.6 Å². The van der Waals surface area contributed by atoms with Crippen LogP contribution in [0.25, 0.3) is 21.8 Å². The van der Waals surface area contributed by atoms with E-state index >= 15 is 0 Å². The van der Waals surface area contributed by atoms with Gasteiger partial charge in [-0.05, 0) is 37.8 Å². The third kappa shape index (κ3) is 4.12. The maximum Gasteiger partial charge on any atom is 0.223 e. The molecule has 1 saturated heterocycles. The highest BCUT2D eigenvalue weighted by molar-refractivity contribution is 7.19. The van der Waals surface area contributed by atoms with Crippen molar-refractivity contribution in [3.05, 3.63) is 29.6 Å². The van der Waals surface area contributed by atoms with Gasteiger partial charge in [-0.3, -0.25) is 14.4 Å². The number of fused-ring (bicyclic) bond motifs is 3. The van der Waals surface area contributed by atoms with Gasteiger partial charge in [0, 0.05) is 44.4 Å². The Balaban J connectivity index is 1.58. The number of nitrogens with one attached hydrogen (secondary N) is 2. The van der Waals surface area contributed by atoms with E-state index in [0.29, 0.717) is 17.7 Å². The van der Waals surface area contributed by atoms with Crippen molar-refractivity contribution in [1.29, 1.82) is 0 Å². The minimum atomic E-state index is -0.105. The predicted octanol–water partition coefficient (Wildman–Crippen LogP) is 3.44. The van der Waals surface area contributed by atoms with Gasteiger partial charge in [0.25, 0.3) is 0 Å². The lowest BCUT2D eigenvalue weighted by atomic mass is 9.95. The molecule has 0 atom stereocenters. The maximum atomic E-state index is 11.6. The van der Waals surface area contributed by atoms with Crippen LogP contribution in [0.4, 0.5) is 10.9 Å². The number of carbonyl (C=O) groups is 1. The van der Waals surface area contributed by atoms with Crippen LogP contribution in [0.1, 0.15) is 37.1 Å². The summed E-state index contributed by atoms with van der Waals surface area (Å²) in [6.45, 7) is 4.13. The number of pyridine rings is 1. The van der Waals surface area contributed by atoms with E-state index in [2.05, 4.69) is 37.2 Å².